The molecule has 0 aliphatic heterocycles. The fourth-order valence-corrected chi connectivity index (χ4v) is 2.64. The van der Waals surface area contributed by atoms with Crippen molar-refractivity contribution in [3.8, 4) is 0 Å². The second-order valence-electron chi connectivity index (χ2n) is 5.94. The van der Waals surface area contributed by atoms with Crippen LogP contribution in [0, 0.1) is 13.8 Å². The third-order valence-corrected chi connectivity index (χ3v) is 3.89. The molecule has 3 aromatic rings. The quantitative estimate of drug-likeness (QED) is 0.761. The Balaban J connectivity index is 1.51. The fourth-order valence-electron chi connectivity index (χ4n) is 2.64. The van der Waals surface area contributed by atoms with Crippen molar-refractivity contribution >= 4 is 16.9 Å². The second kappa shape index (κ2) is 6.65. The molecule has 118 valence electrons. The van der Waals surface area contributed by atoms with Crippen molar-refractivity contribution in [1.82, 2.24) is 15.3 Å². The topological polar surface area (TPSA) is 57.8 Å². The van der Waals surface area contributed by atoms with Crippen LogP contribution < -0.4 is 5.32 Å². The van der Waals surface area contributed by atoms with Gasteiger partial charge in [-0.15, -0.1) is 0 Å². The summed E-state index contributed by atoms with van der Waals surface area (Å²) in [5, 5.41) is 2.98. The summed E-state index contributed by atoms with van der Waals surface area (Å²) in [5.41, 5.74) is 5.47. The number of hydrogen-bond acceptors (Lipinski definition) is 2. The minimum atomic E-state index is 0.0623. The molecular weight excluding hydrogens is 286 g/mol. The Morgan fingerprint density at radius 3 is 2.61 bits per heavy atom. The average Bonchev–Trinajstić information content (AvgIpc) is 2.89. The van der Waals surface area contributed by atoms with Crippen LogP contribution in [0.4, 0.5) is 0 Å². The largest absolute Gasteiger partial charge is 0.355 e. The zero-order chi connectivity index (χ0) is 16.2. The predicted molar refractivity (Wildman–Crippen MR) is 92.4 cm³/mol. The summed E-state index contributed by atoms with van der Waals surface area (Å²) in [5.74, 6) is 0.982. The van der Waals surface area contributed by atoms with Crippen LogP contribution in [0.5, 0.6) is 0 Å². The molecule has 0 saturated heterocycles. The first-order chi connectivity index (χ1) is 11.1. The van der Waals surface area contributed by atoms with E-state index in [1.807, 2.05) is 44.2 Å². The molecule has 0 aliphatic rings. The molecule has 0 aliphatic carbocycles. The lowest BCUT2D eigenvalue weighted by Crippen LogP contribution is -2.27. The maximum absolute atomic E-state index is 12.0. The van der Waals surface area contributed by atoms with Crippen LogP contribution in [0.25, 0.3) is 11.0 Å². The molecule has 4 heteroatoms. The number of nitrogens with one attached hydrogen (secondary N) is 2. The number of aromatic nitrogens is 2. The predicted octanol–water partition coefficient (Wildman–Crippen LogP) is 3.08. The second-order valence-corrected chi connectivity index (χ2v) is 5.94. The van der Waals surface area contributed by atoms with E-state index in [4.69, 9.17) is 0 Å². The number of fused-ring (bicyclic) bond motifs is 1. The van der Waals surface area contributed by atoms with Crippen molar-refractivity contribution in [2.24, 2.45) is 0 Å². The molecule has 1 aromatic heterocycles. The van der Waals surface area contributed by atoms with Crippen LogP contribution >= 0.6 is 0 Å². The van der Waals surface area contributed by atoms with Crippen LogP contribution in [0.3, 0.4) is 0 Å². The lowest BCUT2D eigenvalue weighted by molar-refractivity contribution is -0.120. The fraction of sp³-hybridized carbons (Fsp3) is 0.263. The van der Waals surface area contributed by atoms with Gasteiger partial charge in [0.1, 0.15) is 5.82 Å². The number of H-pyrrole nitrogens is 1. The van der Waals surface area contributed by atoms with Gasteiger partial charge in [-0.1, -0.05) is 35.9 Å². The monoisotopic (exact) mass is 307 g/mol. The van der Waals surface area contributed by atoms with Gasteiger partial charge in [0.2, 0.25) is 5.91 Å². The molecular formula is C19H21N3O. The number of carbonyl (C=O) groups is 1. The van der Waals surface area contributed by atoms with Crippen LogP contribution in [0.2, 0.25) is 0 Å². The average molecular weight is 307 g/mol. The molecule has 1 amide bonds. The lowest BCUT2D eigenvalue weighted by Gasteiger charge is -2.06. The first-order valence-electron chi connectivity index (χ1n) is 7.87. The first kappa shape index (κ1) is 15.3. The Labute approximate surface area is 136 Å². The van der Waals surface area contributed by atoms with E-state index in [9.17, 15) is 4.79 Å². The van der Waals surface area contributed by atoms with E-state index in [0.29, 0.717) is 13.0 Å². The smallest absolute Gasteiger partial charge is 0.224 e. The van der Waals surface area contributed by atoms with E-state index in [0.717, 1.165) is 28.8 Å². The van der Waals surface area contributed by atoms with Crippen molar-refractivity contribution in [2.75, 3.05) is 6.54 Å². The van der Waals surface area contributed by atoms with E-state index < -0.39 is 0 Å². The molecule has 0 unspecified atom stereocenters. The molecule has 0 bridgehead atoms. The van der Waals surface area contributed by atoms with Gasteiger partial charge < -0.3 is 10.3 Å². The zero-order valence-electron chi connectivity index (χ0n) is 13.5. The van der Waals surface area contributed by atoms with Crippen LogP contribution in [0.1, 0.15) is 22.5 Å². The third kappa shape index (κ3) is 3.97. The SMILES string of the molecule is Cc1ccc(CC(=O)NCCc2ccc3nc(C)[nH]c3c2)cc1. The molecule has 2 aromatic carbocycles. The van der Waals surface area contributed by atoms with Gasteiger partial charge in [0.05, 0.1) is 17.5 Å². The van der Waals surface area contributed by atoms with E-state index in [-0.39, 0.29) is 5.91 Å². The van der Waals surface area contributed by atoms with E-state index in [1.54, 1.807) is 0 Å². The number of nitrogens with zero attached hydrogens (tertiary/aromatic N) is 1. The number of aromatic amines is 1. The number of benzene rings is 2. The number of amides is 1. The first-order valence-corrected chi connectivity index (χ1v) is 7.87. The van der Waals surface area contributed by atoms with Gasteiger partial charge in [-0.2, -0.15) is 0 Å². The van der Waals surface area contributed by atoms with Gasteiger partial charge in [0, 0.05) is 6.54 Å². The number of aryl methyl sites for hydroxylation is 2. The summed E-state index contributed by atoms with van der Waals surface area (Å²) in [4.78, 5) is 19.6. The van der Waals surface area contributed by atoms with Gasteiger partial charge in [0.15, 0.2) is 0 Å². The summed E-state index contributed by atoms with van der Waals surface area (Å²) in [6.07, 6.45) is 1.24. The number of imidazole rings is 1. The summed E-state index contributed by atoms with van der Waals surface area (Å²) in [6.45, 7) is 4.64. The molecule has 0 atom stereocenters. The standard InChI is InChI=1S/C19H21N3O/c1-13-3-5-15(6-4-13)12-19(23)20-10-9-16-7-8-17-18(11-16)22-14(2)21-17/h3-8,11H,9-10,12H2,1-2H3,(H,20,23)(H,21,22). The van der Waals surface area contributed by atoms with E-state index in [1.165, 1.54) is 11.1 Å². The molecule has 3 rings (SSSR count). The van der Waals surface area contributed by atoms with Gasteiger partial charge in [-0.05, 0) is 43.5 Å². The molecule has 0 fully saturated rings. The summed E-state index contributed by atoms with van der Waals surface area (Å²) < 4.78 is 0. The van der Waals surface area contributed by atoms with Crippen molar-refractivity contribution in [3.63, 3.8) is 0 Å². The maximum atomic E-state index is 12.0. The molecule has 23 heavy (non-hydrogen) atoms. The molecule has 1 heterocycles. The Kier molecular flexibility index (Phi) is 4.42. The van der Waals surface area contributed by atoms with Crippen LogP contribution in [0.15, 0.2) is 42.5 Å². The van der Waals surface area contributed by atoms with Gasteiger partial charge in [0.25, 0.3) is 0 Å². The minimum Gasteiger partial charge on any atom is -0.355 e. The van der Waals surface area contributed by atoms with Crippen molar-refractivity contribution in [3.05, 3.63) is 65.0 Å². The third-order valence-electron chi connectivity index (χ3n) is 3.89. The number of hydrogen-bond donors (Lipinski definition) is 2. The highest BCUT2D eigenvalue weighted by molar-refractivity contribution is 5.78. The van der Waals surface area contributed by atoms with Crippen molar-refractivity contribution in [1.29, 1.82) is 0 Å². The molecule has 2 N–H and O–H groups in total. The Bertz CT molecular complexity index is 818. The van der Waals surface area contributed by atoms with Crippen LogP contribution in [-0.4, -0.2) is 22.4 Å². The zero-order valence-corrected chi connectivity index (χ0v) is 13.5. The molecule has 0 spiro atoms. The maximum Gasteiger partial charge on any atom is 0.224 e. The summed E-state index contributed by atoms with van der Waals surface area (Å²) in [7, 11) is 0. The molecule has 0 radical (unpaired) electrons. The Morgan fingerprint density at radius 1 is 1.09 bits per heavy atom. The number of rotatable bonds is 5. The normalized spacial score (nSPS) is 10.9. The number of carbonyl (C=O) groups excluding carboxylic acids is 1. The van der Waals surface area contributed by atoms with Crippen molar-refractivity contribution < 1.29 is 4.79 Å². The molecule has 0 saturated carbocycles. The Morgan fingerprint density at radius 2 is 1.83 bits per heavy atom. The minimum absolute atomic E-state index is 0.0623. The van der Waals surface area contributed by atoms with Crippen LogP contribution in [-0.2, 0) is 17.6 Å². The highest BCUT2D eigenvalue weighted by Gasteiger charge is 2.04. The highest BCUT2D eigenvalue weighted by Crippen LogP contribution is 2.13. The van der Waals surface area contributed by atoms with Gasteiger partial charge in [-0.3, -0.25) is 4.79 Å². The lowest BCUT2D eigenvalue weighted by atomic mass is 10.1. The summed E-state index contributed by atoms with van der Waals surface area (Å²) in [6, 6.07) is 14.2. The highest BCUT2D eigenvalue weighted by atomic mass is 16.1. The van der Waals surface area contributed by atoms with Gasteiger partial charge >= 0.3 is 0 Å². The molecule has 4 nitrogen and oxygen atoms in total. The van der Waals surface area contributed by atoms with E-state index >= 15 is 0 Å². The Hall–Kier alpha value is -2.62. The van der Waals surface area contributed by atoms with E-state index in [2.05, 4.69) is 27.4 Å². The summed E-state index contributed by atoms with van der Waals surface area (Å²) >= 11 is 0. The van der Waals surface area contributed by atoms with Crippen molar-refractivity contribution in [2.45, 2.75) is 26.7 Å². The van der Waals surface area contributed by atoms with Gasteiger partial charge in [-0.25, -0.2) is 4.98 Å².